The lowest BCUT2D eigenvalue weighted by Crippen LogP contribution is -2.58. The first kappa shape index (κ1) is 18.6. The minimum Gasteiger partial charge on any atom is -0.484 e. The first-order valence-electron chi connectivity index (χ1n) is 10.1. The molecule has 0 aromatic heterocycles. The SMILES string of the molecule is NC1=NC2(CCCCC2)N(c2ccc(OCC(=O)N3CCCC3)cc2)C(N)=N1. The van der Waals surface area contributed by atoms with E-state index < -0.39 is 5.66 Å². The van der Waals surface area contributed by atoms with Gasteiger partial charge in [0, 0.05) is 18.8 Å². The van der Waals surface area contributed by atoms with E-state index in [-0.39, 0.29) is 18.5 Å². The Balaban J connectivity index is 1.47. The maximum absolute atomic E-state index is 12.1. The third-order valence-corrected chi connectivity index (χ3v) is 5.77. The molecular formula is C20H28N6O2. The molecule has 0 bridgehead atoms. The number of likely N-dealkylation sites (tertiary alicyclic amines) is 1. The average Bonchev–Trinajstić information content (AvgIpc) is 3.22. The molecule has 8 nitrogen and oxygen atoms in total. The fourth-order valence-corrected chi connectivity index (χ4v) is 4.39. The number of carbonyl (C=O) groups is 1. The first-order valence-corrected chi connectivity index (χ1v) is 10.1. The van der Waals surface area contributed by atoms with E-state index >= 15 is 0 Å². The van der Waals surface area contributed by atoms with E-state index in [0.29, 0.717) is 11.7 Å². The molecule has 150 valence electrons. The van der Waals surface area contributed by atoms with Crippen LogP contribution in [0.3, 0.4) is 0 Å². The molecule has 4 N–H and O–H groups in total. The van der Waals surface area contributed by atoms with Gasteiger partial charge >= 0.3 is 0 Å². The van der Waals surface area contributed by atoms with Crippen LogP contribution in [0.5, 0.6) is 5.75 Å². The van der Waals surface area contributed by atoms with Crippen LogP contribution in [-0.4, -0.2) is 48.1 Å². The normalized spacial score (nSPS) is 21.4. The zero-order chi connectivity index (χ0) is 19.6. The summed E-state index contributed by atoms with van der Waals surface area (Å²) < 4.78 is 5.68. The van der Waals surface area contributed by atoms with Crippen LogP contribution in [0.1, 0.15) is 44.9 Å². The number of carbonyl (C=O) groups excluding carboxylic acids is 1. The molecule has 1 aliphatic carbocycles. The molecule has 1 saturated carbocycles. The lowest BCUT2D eigenvalue weighted by Gasteiger charge is -2.45. The van der Waals surface area contributed by atoms with Crippen molar-refractivity contribution in [3.63, 3.8) is 0 Å². The van der Waals surface area contributed by atoms with Crippen molar-refractivity contribution in [2.24, 2.45) is 21.5 Å². The van der Waals surface area contributed by atoms with Gasteiger partial charge in [-0.25, -0.2) is 4.99 Å². The zero-order valence-corrected chi connectivity index (χ0v) is 16.1. The van der Waals surface area contributed by atoms with Crippen LogP contribution in [0.2, 0.25) is 0 Å². The molecule has 2 heterocycles. The van der Waals surface area contributed by atoms with E-state index in [1.165, 1.54) is 6.42 Å². The Morgan fingerprint density at radius 1 is 1.04 bits per heavy atom. The molecule has 2 fully saturated rings. The van der Waals surface area contributed by atoms with Crippen molar-refractivity contribution in [3.05, 3.63) is 24.3 Å². The van der Waals surface area contributed by atoms with Crippen molar-refractivity contribution in [2.75, 3.05) is 24.6 Å². The van der Waals surface area contributed by atoms with E-state index in [9.17, 15) is 4.79 Å². The molecule has 1 aromatic carbocycles. The number of anilines is 1. The Morgan fingerprint density at radius 3 is 2.39 bits per heavy atom. The molecule has 0 atom stereocenters. The summed E-state index contributed by atoms with van der Waals surface area (Å²) in [6, 6.07) is 7.59. The number of hydrogen-bond acceptors (Lipinski definition) is 7. The van der Waals surface area contributed by atoms with E-state index in [1.807, 2.05) is 34.1 Å². The summed E-state index contributed by atoms with van der Waals surface area (Å²) >= 11 is 0. The van der Waals surface area contributed by atoms with E-state index in [1.54, 1.807) is 0 Å². The van der Waals surface area contributed by atoms with E-state index in [4.69, 9.17) is 16.2 Å². The molecule has 0 unspecified atom stereocenters. The molecule has 1 saturated heterocycles. The number of hydrogen-bond donors (Lipinski definition) is 2. The molecule has 1 spiro atoms. The second-order valence-electron chi connectivity index (χ2n) is 7.69. The predicted octanol–water partition coefficient (Wildman–Crippen LogP) is 1.80. The van der Waals surface area contributed by atoms with Gasteiger partial charge in [-0.1, -0.05) is 6.42 Å². The third-order valence-electron chi connectivity index (χ3n) is 5.77. The number of guanidine groups is 2. The van der Waals surface area contributed by atoms with Crippen LogP contribution in [0.15, 0.2) is 34.3 Å². The molecule has 4 rings (SSSR count). The van der Waals surface area contributed by atoms with Gasteiger partial charge in [-0.2, -0.15) is 4.99 Å². The smallest absolute Gasteiger partial charge is 0.260 e. The third kappa shape index (κ3) is 3.63. The largest absolute Gasteiger partial charge is 0.484 e. The zero-order valence-electron chi connectivity index (χ0n) is 16.1. The van der Waals surface area contributed by atoms with Crippen molar-refractivity contribution in [3.8, 4) is 5.75 Å². The van der Waals surface area contributed by atoms with Crippen molar-refractivity contribution >= 4 is 23.5 Å². The highest BCUT2D eigenvalue weighted by Crippen LogP contribution is 2.39. The maximum Gasteiger partial charge on any atom is 0.260 e. The van der Waals surface area contributed by atoms with Gasteiger partial charge in [0.15, 0.2) is 6.61 Å². The van der Waals surface area contributed by atoms with Crippen molar-refractivity contribution in [1.29, 1.82) is 0 Å². The van der Waals surface area contributed by atoms with Gasteiger partial charge in [0.25, 0.3) is 5.91 Å². The van der Waals surface area contributed by atoms with E-state index in [0.717, 1.165) is 57.3 Å². The van der Waals surface area contributed by atoms with E-state index in [2.05, 4.69) is 9.98 Å². The topological polar surface area (TPSA) is 110 Å². The highest BCUT2D eigenvalue weighted by Gasteiger charge is 2.42. The summed E-state index contributed by atoms with van der Waals surface area (Å²) in [5.41, 5.74) is 12.6. The quantitative estimate of drug-likeness (QED) is 0.822. The van der Waals surface area contributed by atoms with Gasteiger partial charge in [0.05, 0.1) is 0 Å². The van der Waals surface area contributed by atoms with Gasteiger partial charge in [0.2, 0.25) is 11.9 Å². The van der Waals surface area contributed by atoms with Gasteiger partial charge in [-0.15, -0.1) is 0 Å². The second-order valence-corrected chi connectivity index (χ2v) is 7.69. The average molecular weight is 384 g/mol. The minimum atomic E-state index is -0.456. The fourth-order valence-electron chi connectivity index (χ4n) is 4.39. The number of amides is 1. The maximum atomic E-state index is 12.1. The van der Waals surface area contributed by atoms with Crippen LogP contribution in [-0.2, 0) is 4.79 Å². The number of ether oxygens (including phenoxy) is 1. The molecule has 0 radical (unpaired) electrons. The molecule has 1 aromatic rings. The molecule has 3 aliphatic rings. The second kappa shape index (κ2) is 7.69. The lowest BCUT2D eigenvalue weighted by molar-refractivity contribution is -0.132. The monoisotopic (exact) mass is 384 g/mol. The van der Waals surface area contributed by atoms with Crippen LogP contribution in [0.4, 0.5) is 5.69 Å². The summed E-state index contributed by atoms with van der Waals surface area (Å²) in [7, 11) is 0. The number of nitrogens with two attached hydrogens (primary N) is 2. The number of rotatable bonds is 4. The fraction of sp³-hybridized carbons (Fsp3) is 0.550. The number of aliphatic imine (C=N–C) groups is 2. The molecule has 2 aliphatic heterocycles. The molecule has 28 heavy (non-hydrogen) atoms. The Morgan fingerprint density at radius 2 is 1.71 bits per heavy atom. The van der Waals surface area contributed by atoms with Crippen molar-refractivity contribution in [1.82, 2.24) is 4.90 Å². The molecular weight excluding hydrogens is 356 g/mol. The van der Waals surface area contributed by atoms with Crippen LogP contribution < -0.4 is 21.1 Å². The highest BCUT2D eigenvalue weighted by atomic mass is 16.5. The Labute approximate surface area is 165 Å². The number of nitrogens with zero attached hydrogens (tertiary/aromatic N) is 4. The van der Waals surface area contributed by atoms with Crippen LogP contribution >= 0.6 is 0 Å². The Bertz CT molecular complexity index is 776. The van der Waals surface area contributed by atoms with Gasteiger partial charge < -0.3 is 21.1 Å². The lowest BCUT2D eigenvalue weighted by atomic mass is 9.87. The molecule has 8 heteroatoms. The van der Waals surface area contributed by atoms with Crippen molar-refractivity contribution < 1.29 is 9.53 Å². The molecule has 1 amide bonds. The van der Waals surface area contributed by atoms with Gasteiger partial charge in [-0.05, 0) is 62.8 Å². The van der Waals surface area contributed by atoms with Crippen LogP contribution in [0, 0.1) is 0 Å². The summed E-state index contributed by atoms with van der Waals surface area (Å²) in [5, 5.41) is 0. The highest BCUT2D eigenvalue weighted by molar-refractivity contribution is 6.05. The predicted molar refractivity (Wildman–Crippen MR) is 109 cm³/mol. The van der Waals surface area contributed by atoms with Crippen molar-refractivity contribution in [2.45, 2.75) is 50.6 Å². The summed E-state index contributed by atoms with van der Waals surface area (Å²) in [6.07, 6.45) is 7.31. The summed E-state index contributed by atoms with van der Waals surface area (Å²) in [6.45, 7) is 1.73. The Hall–Kier alpha value is -2.77. The summed E-state index contributed by atoms with van der Waals surface area (Å²) in [5.74, 6) is 1.31. The minimum absolute atomic E-state index is 0.0416. The number of benzene rings is 1. The standard InChI is InChI=1S/C20H28N6O2/c21-18-23-19(22)26(20(24-18)10-2-1-3-11-20)15-6-8-16(9-7-15)28-14-17(27)25-12-4-5-13-25/h6-9H,1-5,10-14H2,(H4,21,22,23,24). The van der Waals surface area contributed by atoms with Crippen LogP contribution in [0.25, 0.3) is 0 Å². The van der Waals surface area contributed by atoms with Gasteiger partial charge in [0.1, 0.15) is 11.4 Å². The Kier molecular flexibility index (Phi) is 5.11. The van der Waals surface area contributed by atoms with Gasteiger partial charge in [-0.3, -0.25) is 9.69 Å². The first-order chi connectivity index (χ1) is 13.6. The summed E-state index contributed by atoms with van der Waals surface area (Å²) in [4.78, 5) is 24.8.